The summed E-state index contributed by atoms with van der Waals surface area (Å²) in [6.07, 6.45) is 1.06. The van der Waals surface area contributed by atoms with E-state index in [-0.39, 0.29) is 28.4 Å². The highest BCUT2D eigenvalue weighted by molar-refractivity contribution is 5.87. The van der Waals surface area contributed by atoms with Crippen molar-refractivity contribution in [2.45, 2.75) is 0 Å². The summed E-state index contributed by atoms with van der Waals surface area (Å²) >= 11 is 0. The van der Waals surface area contributed by atoms with Gasteiger partial charge in [-0.1, -0.05) is 0 Å². The summed E-state index contributed by atoms with van der Waals surface area (Å²) in [6.45, 7) is 0. The van der Waals surface area contributed by atoms with Crippen LogP contribution >= 0.6 is 0 Å². The SMILES string of the molecule is COc1cc(/C=N\Nc2ccc([N+](=O)[O-])cc2[N+](=O)[O-])c([N+](=O)[O-])cc1OC. The van der Waals surface area contributed by atoms with Gasteiger partial charge >= 0.3 is 5.69 Å². The molecule has 2 rings (SSSR count). The molecular formula is C15H13N5O8. The maximum absolute atomic E-state index is 11.2. The Hall–Kier alpha value is -4.29. The molecule has 0 fully saturated rings. The van der Waals surface area contributed by atoms with Crippen LogP contribution < -0.4 is 14.9 Å². The zero-order valence-corrected chi connectivity index (χ0v) is 14.5. The summed E-state index contributed by atoms with van der Waals surface area (Å²) in [7, 11) is 2.67. The van der Waals surface area contributed by atoms with E-state index in [0.717, 1.165) is 30.5 Å². The van der Waals surface area contributed by atoms with Crippen LogP contribution in [0.4, 0.5) is 22.7 Å². The number of nitro groups is 3. The summed E-state index contributed by atoms with van der Waals surface area (Å²) in [4.78, 5) is 30.8. The van der Waals surface area contributed by atoms with Crippen molar-refractivity contribution in [3.05, 3.63) is 66.2 Å². The van der Waals surface area contributed by atoms with Gasteiger partial charge in [-0.2, -0.15) is 5.10 Å². The molecule has 0 heterocycles. The number of methoxy groups -OCH3 is 2. The third-order valence-electron chi connectivity index (χ3n) is 3.51. The van der Waals surface area contributed by atoms with Crippen molar-refractivity contribution < 1.29 is 24.2 Å². The van der Waals surface area contributed by atoms with E-state index < -0.39 is 26.1 Å². The summed E-state index contributed by atoms with van der Waals surface area (Å²) in [5.41, 5.74) is 0.895. The first-order chi connectivity index (χ1) is 13.3. The van der Waals surface area contributed by atoms with Gasteiger partial charge in [0.1, 0.15) is 5.69 Å². The van der Waals surface area contributed by atoms with Gasteiger partial charge in [0.25, 0.3) is 11.4 Å². The number of rotatable bonds is 8. The minimum absolute atomic E-state index is 0.0414. The average Bonchev–Trinajstić information content (AvgIpc) is 2.67. The van der Waals surface area contributed by atoms with Crippen molar-refractivity contribution in [3.8, 4) is 11.5 Å². The van der Waals surface area contributed by atoms with Gasteiger partial charge in [-0.25, -0.2) is 0 Å². The molecule has 0 aliphatic carbocycles. The monoisotopic (exact) mass is 391 g/mol. The molecule has 0 spiro atoms. The van der Waals surface area contributed by atoms with Crippen LogP contribution in [0.1, 0.15) is 5.56 Å². The average molecular weight is 391 g/mol. The Labute approximate surface area is 156 Å². The van der Waals surface area contributed by atoms with Crippen LogP contribution in [-0.2, 0) is 0 Å². The number of hydrazone groups is 1. The third kappa shape index (κ3) is 4.27. The number of anilines is 1. The second-order valence-electron chi connectivity index (χ2n) is 5.11. The van der Waals surface area contributed by atoms with Gasteiger partial charge in [-0.3, -0.25) is 35.8 Å². The van der Waals surface area contributed by atoms with Crippen molar-refractivity contribution >= 4 is 29.0 Å². The van der Waals surface area contributed by atoms with Crippen LogP contribution in [0, 0.1) is 30.3 Å². The van der Waals surface area contributed by atoms with Crippen LogP contribution in [0.25, 0.3) is 0 Å². The molecule has 28 heavy (non-hydrogen) atoms. The van der Waals surface area contributed by atoms with E-state index in [1.54, 1.807) is 0 Å². The van der Waals surface area contributed by atoms with E-state index in [4.69, 9.17) is 9.47 Å². The van der Waals surface area contributed by atoms with Crippen LogP contribution in [-0.4, -0.2) is 35.2 Å². The van der Waals surface area contributed by atoms with Gasteiger partial charge in [-0.15, -0.1) is 0 Å². The maximum Gasteiger partial charge on any atom is 0.301 e. The first-order valence-corrected chi connectivity index (χ1v) is 7.40. The molecular weight excluding hydrogens is 378 g/mol. The number of non-ortho nitro benzene ring substituents is 1. The highest BCUT2D eigenvalue weighted by Crippen LogP contribution is 2.34. The van der Waals surface area contributed by atoms with Gasteiger partial charge < -0.3 is 9.47 Å². The molecule has 0 radical (unpaired) electrons. The highest BCUT2D eigenvalue weighted by Gasteiger charge is 2.20. The number of hydrogen-bond donors (Lipinski definition) is 1. The van der Waals surface area contributed by atoms with E-state index in [1.165, 1.54) is 20.3 Å². The molecule has 0 atom stereocenters. The highest BCUT2D eigenvalue weighted by atomic mass is 16.6. The molecule has 0 aliphatic rings. The Morgan fingerprint density at radius 1 is 0.893 bits per heavy atom. The molecule has 0 saturated carbocycles. The van der Waals surface area contributed by atoms with Gasteiger partial charge in [0.05, 0.1) is 52.9 Å². The number of nitro benzene ring substituents is 3. The van der Waals surface area contributed by atoms with Gasteiger partial charge in [-0.05, 0) is 12.1 Å². The maximum atomic E-state index is 11.2. The molecule has 0 bridgehead atoms. The lowest BCUT2D eigenvalue weighted by molar-refractivity contribution is -0.393. The van der Waals surface area contributed by atoms with Crippen LogP contribution in [0.5, 0.6) is 11.5 Å². The smallest absolute Gasteiger partial charge is 0.301 e. The zero-order chi connectivity index (χ0) is 20.8. The van der Waals surface area contributed by atoms with E-state index in [2.05, 4.69) is 10.5 Å². The van der Waals surface area contributed by atoms with Crippen LogP contribution in [0.2, 0.25) is 0 Å². The van der Waals surface area contributed by atoms with Crippen molar-refractivity contribution in [2.75, 3.05) is 19.6 Å². The fourth-order valence-corrected chi connectivity index (χ4v) is 2.20. The Kier molecular flexibility index (Phi) is 6.00. The van der Waals surface area contributed by atoms with E-state index in [9.17, 15) is 30.3 Å². The van der Waals surface area contributed by atoms with Gasteiger partial charge in [0, 0.05) is 6.07 Å². The topological polar surface area (TPSA) is 172 Å². The van der Waals surface area contributed by atoms with Crippen molar-refractivity contribution in [1.82, 2.24) is 0 Å². The number of nitrogens with one attached hydrogen (secondary N) is 1. The molecule has 0 aliphatic heterocycles. The molecule has 13 nitrogen and oxygen atoms in total. The van der Waals surface area contributed by atoms with Crippen molar-refractivity contribution in [1.29, 1.82) is 0 Å². The van der Waals surface area contributed by atoms with Crippen LogP contribution in [0.15, 0.2) is 35.4 Å². The minimum Gasteiger partial charge on any atom is -0.493 e. The van der Waals surface area contributed by atoms with Gasteiger partial charge in [0.15, 0.2) is 11.5 Å². The van der Waals surface area contributed by atoms with Crippen molar-refractivity contribution in [3.63, 3.8) is 0 Å². The number of benzene rings is 2. The minimum atomic E-state index is -0.816. The Bertz CT molecular complexity index is 975. The molecule has 0 saturated heterocycles. The lowest BCUT2D eigenvalue weighted by Crippen LogP contribution is -2.01. The fourth-order valence-electron chi connectivity index (χ4n) is 2.20. The summed E-state index contributed by atoms with van der Waals surface area (Å²) in [6, 6.07) is 5.40. The Morgan fingerprint density at radius 2 is 1.50 bits per heavy atom. The number of nitrogens with zero attached hydrogens (tertiary/aromatic N) is 4. The molecule has 0 aromatic heterocycles. The molecule has 0 amide bonds. The molecule has 1 N–H and O–H groups in total. The summed E-state index contributed by atoms with van der Waals surface area (Å²) in [5, 5.41) is 36.8. The number of ether oxygens (including phenoxy) is 2. The first-order valence-electron chi connectivity index (χ1n) is 7.40. The Balaban J connectivity index is 2.38. The summed E-state index contributed by atoms with van der Waals surface area (Å²) in [5.74, 6) is 0.362. The predicted molar refractivity (Wildman–Crippen MR) is 97.2 cm³/mol. The molecule has 0 unspecified atom stereocenters. The van der Waals surface area contributed by atoms with E-state index >= 15 is 0 Å². The largest absolute Gasteiger partial charge is 0.493 e. The molecule has 2 aromatic rings. The van der Waals surface area contributed by atoms with Gasteiger partial charge in [0.2, 0.25) is 0 Å². The molecule has 13 heteroatoms. The molecule has 2 aromatic carbocycles. The predicted octanol–water partition coefficient (Wildman–Crippen LogP) is 2.87. The second-order valence-corrected chi connectivity index (χ2v) is 5.11. The molecule has 146 valence electrons. The third-order valence-corrected chi connectivity index (χ3v) is 3.51. The van der Waals surface area contributed by atoms with E-state index in [1.807, 2.05) is 0 Å². The van der Waals surface area contributed by atoms with Crippen LogP contribution in [0.3, 0.4) is 0 Å². The fraction of sp³-hybridized carbons (Fsp3) is 0.133. The van der Waals surface area contributed by atoms with E-state index in [0.29, 0.717) is 0 Å². The standard InChI is InChI=1S/C15H13N5O8/c1-27-14-5-9(12(19(23)24)7-15(14)28-2)8-16-17-11-4-3-10(18(21)22)6-13(11)20(25)26/h3-8,17H,1-2H3/b16-8-. The quantitative estimate of drug-likeness (QED) is 0.403. The zero-order valence-electron chi connectivity index (χ0n) is 14.5. The number of hydrogen-bond acceptors (Lipinski definition) is 10. The lowest BCUT2D eigenvalue weighted by Gasteiger charge is -2.08. The summed E-state index contributed by atoms with van der Waals surface area (Å²) < 4.78 is 10.1. The second kappa shape index (κ2) is 8.39. The Morgan fingerprint density at radius 3 is 2.04 bits per heavy atom. The lowest BCUT2D eigenvalue weighted by atomic mass is 10.1. The normalized spacial score (nSPS) is 10.5. The first kappa shape index (κ1) is 20.0. The van der Waals surface area contributed by atoms with Crippen molar-refractivity contribution in [2.24, 2.45) is 5.10 Å².